The molecule has 2 saturated heterocycles. The number of phenols is 1. The van der Waals surface area contributed by atoms with Crippen LogP contribution in [-0.2, 0) is 27.2 Å². The zero-order valence-electron chi connectivity index (χ0n) is 26.4. The maximum atomic E-state index is 13.2. The van der Waals surface area contributed by atoms with Gasteiger partial charge in [0, 0.05) is 37.6 Å². The van der Waals surface area contributed by atoms with E-state index in [1.807, 2.05) is 11.4 Å². The highest BCUT2D eigenvalue weighted by Gasteiger charge is 2.48. The van der Waals surface area contributed by atoms with E-state index in [9.17, 15) is 37.8 Å². The summed E-state index contributed by atoms with van der Waals surface area (Å²) < 4.78 is 51.1. The van der Waals surface area contributed by atoms with Gasteiger partial charge in [-0.3, -0.25) is 14.5 Å². The number of amides is 2. The standard InChI is InChI=1S/C31H39F3N4O7S2/c1-29(2,3)45-28(43)37(9-6-19-4-5-22(39)24-25(19)47-27(42)35-24)16-23(40)20-14-21(46-17-20)15-36-10-7-30(8-11-36)18-38(12-13-44-30)26(41)31(32,33)34/h4-5,14,17,23,39-40H,6-13,15-16,18H2,1-3H3,(H,35,42)/t23-/m0/s1. The average Bonchev–Trinajstić information content (AvgIpc) is 3.63. The maximum absolute atomic E-state index is 13.2. The third-order valence-electron chi connectivity index (χ3n) is 8.32. The van der Waals surface area contributed by atoms with Crippen LogP contribution in [0.25, 0.3) is 10.2 Å². The average molecular weight is 701 g/mol. The molecule has 4 heterocycles. The zero-order valence-corrected chi connectivity index (χ0v) is 28.0. The number of thiophene rings is 1. The van der Waals surface area contributed by atoms with Crippen LogP contribution in [0.1, 0.15) is 55.7 Å². The number of morpholine rings is 1. The summed E-state index contributed by atoms with van der Waals surface area (Å²) in [6.45, 7) is 7.08. The molecule has 0 saturated carbocycles. The normalized spacial score (nSPS) is 18.1. The minimum Gasteiger partial charge on any atom is -0.506 e. The molecule has 258 valence electrons. The van der Waals surface area contributed by atoms with Gasteiger partial charge in [-0.05, 0) is 68.7 Å². The molecule has 1 atom stereocenters. The number of piperidine rings is 1. The lowest BCUT2D eigenvalue weighted by Crippen LogP contribution is -2.59. The van der Waals surface area contributed by atoms with E-state index < -0.39 is 35.5 Å². The predicted molar refractivity (Wildman–Crippen MR) is 171 cm³/mol. The molecule has 3 aromatic rings. The molecule has 2 aliphatic heterocycles. The largest absolute Gasteiger partial charge is 0.506 e. The van der Waals surface area contributed by atoms with Crippen LogP contribution >= 0.6 is 22.7 Å². The number of phenolic OH excluding ortho intramolecular Hbond substituents is 1. The molecule has 16 heteroatoms. The Hall–Kier alpha value is -3.18. The fourth-order valence-electron chi connectivity index (χ4n) is 5.92. The summed E-state index contributed by atoms with van der Waals surface area (Å²) in [5.41, 5.74) is 0.205. The number of carbonyl (C=O) groups is 2. The monoisotopic (exact) mass is 700 g/mol. The van der Waals surface area contributed by atoms with E-state index >= 15 is 0 Å². The van der Waals surface area contributed by atoms with Crippen LogP contribution in [0.4, 0.5) is 18.0 Å². The lowest BCUT2D eigenvalue weighted by molar-refractivity contribution is -0.200. The minimum atomic E-state index is -4.91. The van der Waals surface area contributed by atoms with Gasteiger partial charge < -0.3 is 34.5 Å². The van der Waals surface area contributed by atoms with Gasteiger partial charge in [0.15, 0.2) is 0 Å². The highest BCUT2D eigenvalue weighted by Crippen LogP contribution is 2.34. The number of nitrogens with zero attached hydrogens (tertiary/aromatic N) is 3. The summed E-state index contributed by atoms with van der Waals surface area (Å²) in [6.07, 6.45) is -5.16. The van der Waals surface area contributed by atoms with Crippen LogP contribution in [0, 0.1) is 0 Å². The molecule has 1 spiro atoms. The number of fused-ring (bicyclic) bond motifs is 1. The number of benzene rings is 1. The van der Waals surface area contributed by atoms with Crippen LogP contribution < -0.4 is 4.87 Å². The van der Waals surface area contributed by atoms with E-state index in [2.05, 4.69) is 9.88 Å². The van der Waals surface area contributed by atoms with Crippen molar-refractivity contribution in [1.29, 1.82) is 0 Å². The fourth-order valence-corrected chi connectivity index (χ4v) is 7.79. The van der Waals surface area contributed by atoms with Gasteiger partial charge in [-0.1, -0.05) is 17.4 Å². The smallest absolute Gasteiger partial charge is 0.471 e. The number of rotatable bonds is 8. The second kappa shape index (κ2) is 13.7. The Morgan fingerprint density at radius 1 is 1.19 bits per heavy atom. The molecular weight excluding hydrogens is 661 g/mol. The number of ether oxygens (including phenoxy) is 2. The SMILES string of the molecule is CC(C)(C)OC(=O)N(CCc1ccc(O)c2[nH]c(=O)sc12)C[C@H](O)c1csc(CN2CCC3(CC2)CN(C(=O)C(F)(F)F)CCO3)c1. The fraction of sp³-hybridized carbons (Fsp3) is 0.581. The van der Waals surface area contributed by atoms with E-state index in [1.54, 1.807) is 26.8 Å². The number of nitrogens with one attached hydrogen (secondary N) is 1. The number of aromatic hydroxyl groups is 1. The van der Waals surface area contributed by atoms with Gasteiger partial charge in [0.2, 0.25) is 0 Å². The minimum absolute atomic E-state index is 0.0353. The Labute approximate surface area is 277 Å². The Morgan fingerprint density at radius 3 is 2.60 bits per heavy atom. The quantitative estimate of drug-likeness (QED) is 0.310. The summed E-state index contributed by atoms with van der Waals surface area (Å²) >= 11 is 2.44. The lowest BCUT2D eigenvalue weighted by Gasteiger charge is -2.47. The van der Waals surface area contributed by atoms with Gasteiger partial charge in [0.1, 0.15) is 16.9 Å². The number of likely N-dealkylation sites (tertiary alicyclic amines) is 1. The number of aliphatic hydroxyl groups excluding tert-OH is 1. The number of carbonyl (C=O) groups excluding carboxylic acids is 2. The van der Waals surface area contributed by atoms with Crippen molar-refractivity contribution in [2.24, 2.45) is 0 Å². The molecule has 2 fully saturated rings. The second-order valence-electron chi connectivity index (χ2n) is 13.0. The van der Waals surface area contributed by atoms with Crippen molar-refractivity contribution in [2.75, 3.05) is 45.9 Å². The number of aromatic nitrogens is 1. The Morgan fingerprint density at radius 2 is 1.91 bits per heavy atom. The van der Waals surface area contributed by atoms with Gasteiger partial charge in [-0.25, -0.2) is 4.79 Å². The summed E-state index contributed by atoms with van der Waals surface area (Å²) in [5.74, 6) is -1.86. The number of aromatic amines is 1. The molecule has 0 radical (unpaired) electrons. The van der Waals surface area contributed by atoms with Gasteiger partial charge in [0.25, 0.3) is 0 Å². The van der Waals surface area contributed by atoms with Crippen molar-refractivity contribution < 1.29 is 42.4 Å². The highest BCUT2D eigenvalue weighted by atomic mass is 32.1. The molecule has 5 rings (SSSR count). The topological polar surface area (TPSA) is 136 Å². The highest BCUT2D eigenvalue weighted by molar-refractivity contribution is 7.16. The molecule has 3 N–H and O–H groups in total. The van der Waals surface area contributed by atoms with Gasteiger partial charge in [-0.15, -0.1) is 11.3 Å². The van der Waals surface area contributed by atoms with Gasteiger partial charge in [0.05, 0.1) is 36.1 Å². The van der Waals surface area contributed by atoms with E-state index in [1.165, 1.54) is 22.3 Å². The first kappa shape index (κ1) is 35.1. The first-order valence-corrected chi connectivity index (χ1v) is 17.0. The zero-order chi connectivity index (χ0) is 34.1. The number of alkyl halides is 3. The molecule has 2 aromatic heterocycles. The number of aliphatic hydroxyl groups is 1. The van der Waals surface area contributed by atoms with Crippen molar-refractivity contribution in [3.8, 4) is 5.75 Å². The molecular formula is C31H39F3N4O7S2. The summed E-state index contributed by atoms with van der Waals surface area (Å²) in [4.78, 5) is 44.7. The van der Waals surface area contributed by atoms with E-state index in [0.717, 1.165) is 26.7 Å². The molecule has 1 aromatic carbocycles. The number of thiazole rings is 1. The molecule has 2 aliphatic rings. The van der Waals surface area contributed by atoms with Crippen molar-refractivity contribution in [3.05, 3.63) is 49.3 Å². The van der Waals surface area contributed by atoms with Crippen LogP contribution in [0.2, 0.25) is 0 Å². The van der Waals surface area contributed by atoms with Crippen molar-refractivity contribution in [2.45, 2.75) is 70.1 Å². The number of hydrogen-bond donors (Lipinski definition) is 3. The van der Waals surface area contributed by atoms with Crippen LogP contribution in [-0.4, -0.2) is 105 Å². The van der Waals surface area contributed by atoms with Gasteiger partial charge >= 0.3 is 23.0 Å². The Kier molecular flexibility index (Phi) is 10.3. The Balaban J connectivity index is 1.19. The third kappa shape index (κ3) is 8.65. The first-order chi connectivity index (χ1) is 22.0. The molecule has 0 bridgehead atoms. The number of hydrogen-bond acceptors (Lipinski definition) is 10. The summed E-state index contributed by atoms with van der Waals surface area (Å²) in [7, 11) is 0. The Bertz CT molecular complexity index is 1640. The van der Waals surface area contributed by atoms with E-state index in [0.29, 0.717) is 54.7 Å². The summed E-state index contributed by atoms with van der Waals surface area (Å²) in [6, 6.07) is 5.08. The van der Waals surface area contributed by atoms with Crippen LogP contribution in [0.15, 0.2) is 28.4 Å². The van der Waals surface area contributed by atoms with Crippen molar-refractivity contribution >= 4 is 44.9 Å². The predicted octanol–water partition coefficient (Wildman–Crippen LogP) is 4.63. The molecule has 11 nitrogen and oxygen atoms in total. The third-order valence-corrected chi connectivity index (χ3v) is 10.2. The van der Waals surface area contributed by atoms with Crippen LogP contribution in [0.5, 0.6) is 5.75 Å². The van der Waals surface area contributed by atoms with E-state index in [4.69, 9.17) is 9.47 Å². The van der Waals surface area contributed by atoms with Crippen LogP contribution in [0.3, 0.4) is 0 Å². The lowest BCUT2D eigenvalue weighted by atomic mass is 9.89. The van der Waals surface area contributed by atoms with Gasteiger partial charge in [-0.2, -0.15) is 13.2 Å². The molecule has 0 unspecified atom stereocenters. The first-order valence-electron chi connectivity index (χ1n) is 15.3. The maximum Gasteiger partial charge on any atom is 0.471 e. The number of halogens is 3. The summed E-state index contributed by atoms with van der Waals surface area (Å²) in [5, 5.41) is 23.2. The number of H-pyrrole nitrogens is 1. The van der Waals surface area contributed by atoms with Crippen molar-refractivity contribution in [3.63, 3.8) is 0 Å². The molecule has 0 aliphatic carbocycles. The molecule has 2 amide bonds. The second-order valence-corrected chi connectivity index (χ2v) is 15.0. The molecule has 47 heavy (non-hydrogen) atoms. The van der Waals surface area contributed by atoms with E-state index in [-0.39, 0.29) is 43.4 Å². The van der Waals surface area contributed by atoms with Crippen molar-refractivity contribution in [1.82, 2.24) is 19.7 Å².